The average molecular weight is 249 g/mol. The SMILES string of the molecule is c1cc(N2CCNCC2)nnc1N[C@H]1CCCO1. The zero-order valence-corrected chi connectivity index (χ0v) is 10.4. The molecule has 2 N–H and O–H groups in total. The molecule has 1 aromatic rings. The van der Waals surface area contributed by atoms with Gasteiger partial charge in [0.05, 0.1) is 0 Å². The average Bonchev–Trinajstić information content (AvgIpc) is 2.94. The van der Waals surface area contributed by atoms with Crippen LogP contribution in [0.25, 0.3) is 0 Å². The smallest absolute Gasteiger partial charge is 0.151 e. The van der Waals surface area contributed by atoms with Crippen LogP contribution in [0.3, 0.4) is 0 Å². The molecule has 2 aliphatic heterocycles. The predicted molar refractivity (Wildman–Crippen MR) is 69.7 cm³/mol. The Kier molecular flexibility index (Phi) is 3.56. The number of hydrogen-bond acceptors (Lipinski definition) is 6. The van der Waals surface area contributed by atoms with Gasteiger partial charge in [0.25, 0.3) is 0 Å². The molecule has 98 valence electrons. The number of rotatable bonds is 3. The Balaban J connectivity index is 1.60. The normalized spacial score (nSPS) is 24.2. The van der Waals surface area contributed by atoms with Crippen LogP contribution >= 0.6 is 0 Å². The van der Waals surface area contributed by atoms with Crippen LogP contribution in [0.15, 0.2) is 12.1 Å². The lowest BCUT2D eigenvalue weighted by atomic mass is 10.3. The van der Waals surface area contributed by atoms with Gasteiger partial charge in [-0.15, -0.1) is 10.2 Å². The first-order valence-corrected chi connectivity index (χ1v) is 6.59. The molecule has 1 aromatic heterocycles. The van der Waals surface area contributed by atoms with Crippen molar-refractivity contribution in [2.45, 2.75) is 19.1 Å². The third-order valence-electron chi connectivity index (χ3n) is 3.33. The summed E-state index contributed by atoms with van der Waals surface area (Å²) in [6.45, 7) is 4.85. The molecule has 6 nitrogen and oxygen atoms in total. The summed E-state index contributed by atoms with van der Waals surface area (Å²) in [5, 5.41) is 15.1. The van der Waals surface area contributed by atoms with Gasteiger partial charge in [-0.05, 0) is 25.0 Å². The summed E-state index contributed by atoms with van der Waals surface area (Å²) in [6.07, 6.45) is 2.26. The van der Waals surface area contributed by atoms with Crippen molar-refractivity contribution in [2.24, 2.45) is 0 Å². The maximum atomic E-state index is 5.51. The Morgan fingerprint density at radius 3 is 2.83 bits per heavy atom. The monoisotopic (exact) mass is 249 g/mol. The summed E-state index contributed by atoms with van der Waals surface area (Å²) < 4.78 is 5.51. The van der Waals surface area contributed by atoms with E-state index in [0.717, 1.165) is 57.3 Å². The number of aromatic nitrogens is 2. The molecule has 3 heterocycles. The Morgan fingerprint density at radius 2 is 2.17 bits per heavy atom. The molecule has 0 aromatic carbocycles. The maximum absolute atomic E-state index is 5.51. The predicted octanol–water partition coefficient (Wildman–Crippen LogP) is 0.435. The summed E-state index contributed by atoms with van der Waals surface area (Å²) >= 11 is 0. The molecular formula is C12H19N5O. The second-order valence-corrected chi connectivity index (χ2v) is 4.66. The highest BCUT2D eigenvalue weighted by molar-refractivity contribution is 5.44. The molecule has 0 spiro atoms. The van der Waals surface area contributed by atoms with E-state index in [0.29, 0.717) is 0 Å². The second-order valence-electron chi connectivity index (χ2n) is 4.66. The van der Waals surface area contributed by atoms with Crippen molar-refractivity contribution >= 4 is 11.6 Å². The van der Waals surface area contributed by atoms with Gasteiger partial charge in [0.1, 0.15) is 6.23 Å². The van der Waals surface area contributed by atoms with Gasteiger partial charge in [0, 0.05) is 32.8 Å². The lowest BCUT2D eigenvalue weighted by Gasteiger charge is -2.27. The Morgan fingerprint density at radius 1 is 1.28 bits per heavy atom. The minimum Gasteiger partial charge on any atom is -0.359 e. The number of nitrogens with zero attached hydrogens (tertiary/aromatic N) is 3. The van der Waals surface area contributed by atoms with Crippen LogP contribution in [-0.2, 0) is 4.74 Å². The quantitative estimate of drug-likeness (QED) is 0.810. The molecule has 2 aliphatic rings. The summed E-state index contributed by atoms with van der Waals surface area (Å²) in [6, 6.07) is 4.00. The Labute approximate surface area is 107 Å². The number of piperazine rings is 1. The van der Waals surface area contributed by atoms with Crippen molar-refractivity contribution in [3.63, 3.8) is 0 Å². The Bertz CT molecular complexity index is 371. The fourth-order valence-electron chi connectivity index (χ4n) is 2.32. The lowest BCUT2D eigenvalue weighted by Crippen LogP contribution is -2.44. The van der Waals surface area contributed by atoms with Crippen LogP contribution < -0.4 is 15.5 Å². The van der Waals surface area contributed by atoms with Gasteiger partial charge in [-0.3, -0.25) is 0 Å². The number of hydrogen-bond donors (Lipinski definition) is 2. The molecule has 6 heteroatoms. The number of anilines is 2. The van der Waals surface area contributed by atoms with E-state index < -0.39 is 0 Å². The van der Waals surface area contributed by atoms with Crippen molar-refractivity contribution in [1.29, 1.82) is 0 Å². The Hall–Kier alpha value is -1.40. The lowest BCUT2D eigenvalue weighted by molar-refractivity contribution is 0.131. The van der Waals surface area contributed by atoms with Gasteiger partial charge < -0.3 is 20.3 Å². The number of nitrogens with one attached hydrogen (secondary N) is 2. The summed E-state index contributed by atoms with van der Waals surface area (Å²) in [7, 11) is 0. The van der Waals surface area contributed by atoms with Crippen molar-refractivity contribution in [3.8, 4) is 0 Å². The molecule has 0 radical (unpaired) electrons. The minimum atomic E-state index is 0.101. The second kappa shape index (κ2) is 5.49. The molecule has 0 aliphatic carbocycles. The molecule has 0 bridgehead atoms. The van der Waals surface area contributed by atoms with Crippen LogP contribution in [-0.4, -0.2) is 49.2 Å². The molecular weight excluding hydrogens is 230 g/mol. The highest BCUT2D eigenvalue weighted by Gasteiger charge is 2.16. The third kappa shape index (κ3) is 2.70. The van der Waals surface area contributed by atoms with Gasteiger partial charge in [-0.1, -0.05) is 0 Å². The molecule has 2 fully saturated rings. The summed E-state index contributed by atoms with van der Waals surface area (Å²) in [4.78, 5) is 2.25. The highest BCUT2D eigenvalue weighted by Crippen LogP contribution is 2.16. The molecule has 18 heavy (non-hydrogen) atoms. The van der Waals surface area contributed by atoms with Crippen molar-refractivity contribution in [2.75, 3.05) is 43.0 Å². The largest absolute Gasteiger partial charge is 0.359 e. The molecule has 0 saturated carbocycles. The van der Waals surface area contributed by atoms with Crippen LogP contribution in [0.2, 0.25) is 0 Å². The van der Waals surface area contributed by atoms with Gasteiger partial charge in [0.15, 0.2) is 11.6 Å². The van der Waals surface area contributed by atoms with Crippen molar-refractivity contribution in [1.82, 2.24) is 15.5 Å². The van der Waals surface area contributed by atoms with E-state index in [1.165, 1.54) is 0 Å². The zero-order chi connectivity index (χ0) is 12.2. The molecule has 0 amide bonds. The van der Waals surface area contributed by atoms with Crippen LogP contribution in [0.1, 0.15) is 12.8 Å². The molecule has 0 unspecified atom stereocenters. The first-order valence-electron chi connectivity index (χ1n) is 6.59. The van der Waals surface area contributed by atoms with Crippen molar-refractivity contribution < 1.29 is 4.74 Å². The van der Waals surface area contributed by atoms with E-state index in [9.17, 15) is 0 Å². The molecule has 2 saturated heterocycles. The van der Waals surface area contributed by atoms with E-state index in [1.54, 1.807) is 0 Å². The van der Waals surface area contributed by atoms with E-state index in [2.05, 4.69) is 25.7 Å². The minimum absolute atomic E-state index is 0.101. The maximum Gasteiger partial charge on any atom is 0.151 e. The van der Waals surface area contributed by atoms with Crippen LogP contribution in [0.5, 0.6) is 0 Å². The van der Waals surface area contributed by atoms with E-state index in [4.69, 9.17) is 4.74 Å². The zero-order valence-electron chi connectivity index (χ0n) is 10.4. The molecule has 1 atom stereocenters. The van der Waals surface area contributed by atoms with E-state index in [-0.39, 0.29) is 6.23 Å². The van der Waals surface area contributed by atoms with Gasteiger partial charge in [0.2, 0.25) is 0 Å². The first-order chi connectivity index (χ1) is 8.92. The first kappa shape index (κ1) is 11.7. The third-order valence-corrected chi connectivity index (χ3v) is 3.33. The molecule has 3 rings (SSSR count). The van der Waals surface area contributed by atoms with Crippen molar-refractivity contribution in [3.05, 3.63) is 12.1 Å². The van der Waals surface area contributed by atoms with Crippen LogP contribution in [0, 0.1) is 0 Å². The summed E-state index contributed by atoms with van der Waals surface area (Å²) in [5.74, 6) is 1.75. The van der Waals surface area contributed by atoms with Crippen LogP contribution in [0.4, 0.5) is 11.6 Å². The van der Waals surface area contributed by atoms with E-state index in [1.807, 2.05) is 12.1 Å². The summed E-state index contributed by atoms with van der Waals surface area (Å²) in [5.41, 5.74) is 0. The van der Waals surface area contributed by atoms with Gasteiger partial charge >= 0.3 is 0 Å². The standard InChI is InChI=1S/C12H19N5O/c1-2-12(18-9-1)14-10-3-4-11(16-15-10)17-7-5-13-6-8-17/h3-4,12-13H,1-2,5-9H2,(H,14,15)/t12-/m1/s1. The van der Waals surface area contributed by atoms with Gasteiger partial charge in [-0.25, -0.2) is 0 Å². The number of ether oxygens (including phenoxy) is 1. The highest BCUT2D eigenvalue weighted by atomic mass is 16.5. The van der Waals surface area contributed by atoms with E-state index >= 15 is 0 Å². The topological polar surface area (TPSA) is 62.3 Å². The fraction of sp³-hybridized carbons (Fsp3) is 0.667. The fourth-order valence-corrected chi connectivity index (χ4v) is 2.32. The van der Waals surface area contributed by atoms with Gasteiger partial charge in [-0.2, -0.15) is 0 Å².